The first-order valence-corrected chi connectivity index (χ1v) is 10.7. The van der Waals surface area contributed by atoms with Crippen molar-refractivity contribution in [3.8, 4) is 0 Å². The van der Waals surface area contributed by atoms with Crippen LogP contribution in [0, 0.1) is 5.82 Å². The van der Waals surface area contributed by atoms with Crippen LogP contribution in [-0.4, -0.2) is 33.3 Å². The van der Waals surface area contributed by atoms with E-state index >= 15 is 0 Å². The first kappa shape index (κ1) is 19.8. The summed E-state index contributed by atoms with van der Waals surface area (Å²) in [7, 11) is -3.77. The first-order valence-electron chi connectivity index (χ1n) is 9.26. The number of rotatable bonds is 5. The van der Waals surface area contributed by atoms with E-state index in [0.29, 0.717) is 23.5 Å². The van der Waals surface area contributed by atoms with E-state index in [1.165, 1.54) is 30.3 Å². The molecule has 3 aromatic rings. The third-order valence-electron chi connectivity index (χ3n) is 4.66. The maximum atomic E-state index is 13.1. The van der Waals surface area contributed by atoms with Crippen LogP contribution in [0.3, 0.4) is 0 Å². The molecule has 0 bridgehead atoms. The monoisotopic (exact) mass is 423 g/mol. The number of halogens is 1. The summed E-state index contributed by atoms with van der Waals surface area (Å²) in [5.74, 6) is -0.446. The summed E-state index contributed by atoms with van der Waals surface area (Å²) in [5.41, 5.74) is 1.61. The molecule has 0 aromatic heterocycles. The van der Waals surface area contributed by atoms with Crippen molar-refractivity contribution in [1.82, 2.24) is 5.32 Å². The number of nitrogens with zero attached hydrogens (tertiary/aromatic N) is 2. The summed E-state index contributed by atoms with van der Waals surface area (Å²) in [4.78, 5) is 14.2. The van der Waals surface area contributed by atoms with E-state index in [2.05, 4.69) is 9.71 Å². The molecule has 0 saturated heterocycles. The van der Waals surface area contributed by atoms with E-state index in [0.717, 1.165) is 5.69 Å². The Balaban J connectivity index is 1.58. The molecule has 0 fully saturated rings. The summed E-state index contributed by atoms with van der Waals surface area (Å²) in [5, 5.41) is 2.78. The Bertz CT molecular complexity index is 1210. The number of hydrogen-bond acceptors (Lipinski definition) is 4. The molecular weight excluding hydrogens is 405 g/mol. The fourth-order valence-electron chi connectivity index (χ4n) is 3.23. The van der Waals surface area contributed by atoms with Crippen LogP contribution >= 0.6 is 0 Å². The number of sulfonamides is 1. The standard InChI is InChI=1S/C22H18FN3O3S/c23-17-12-10-16(11-13-17)22(27)24-14-15-26(18-6-2-1-3-7-18)21-19-8-4-5-9-20(19)30(28,29)25-21/h1-13H,14-15H2,(H,24,27). The Kier molecular flexibility index (Phi) is 5.33. The lowest BCUT2D eigenvalue weighted by Crippen LogP contribution is -2.38. The molecule has 0 radical (unpaired) electrons. The van der Waals surface area contributed by atoms with Crippen LogP contribution in [0.5, 0.6) is 0 Å². The number of anilines is 1. The van der Waals surface area contributed by atoms with Gasteiger partial charge < -0.3 is 10.2 Å². The van der Waals surface area contributed by atoms with Crippen molar-refractivity contribution < 1.29 is 17.6 Å². The zero-order chi connectivity index (χ0) is 21.1. The molecule has 1 amide bonds. The summed E-state index contributed by atoms with van der Waals surface area (Å²) in [6.07, 6.45) is 0. The van der Waals surface area contributed by atoms with Gasteiger partial charge >= 0.3 is 0 Å². The van der Waals surface area contributed by atoms with Crippen LogP contribution in [-0.2, 0) is 10.0 Å². The number of para-hydroxylation sites is 1. The molecule has 1 aliphatic heterocycles. The lowest BCUT2D eigenvalue weighted by molar-refractivity contribution is 0.0955. The number of nitrogens with one attached hydrogen (secondary N) is 1. The third kappa shape index (κ3) is 3.95. The number of benzene rings is 3. The van der Waals surface area contributed by atoms with Gasteiger partial charge in [0, 0.05) is 29.9 Å². The number of amides is 1. The highest BCUT2D eigenvalue weighted by Gasteiger charge is 2.32. The van der Waals surface area contributed by atoms with Crippen molar-refractivity contribution in [3.05, 3.63) is 95.8 Å². The molecule has 0 atom stereocenters. The summed E-state index contributed by atoms with van der Waals surface area (Å²) < 4.78 is 42.0. The minimum Gasteiger partial charge on any atom is -0.350 e. The quantitative estimate of drug-likeness (QED) is 0.684. The largest absolute Gasteiger partial charge is 0.350 e. The predicted octanol–water partition coefficient (Wildman–Crippen LogP) is 3.21. The number of fused-ring (bicyclic) bond motifs is 1. The molecule has 0 unspecified atom stereocenters. The van der Waals surface area contributed by atoms with Crippen molar-refractivity contribution in [2.45, 2.75) is 4.90 Å². The maximum Gasteiger partial charge on any atom is 0.285 e. The van der Waals surface area contributed by atoms with Crippen molar-refractivity contribution >= 4 is 27.5 Å². The smallest absolute Gasteiger partial charge is 0.285 e. The maximum absolute atomic E-state index is 13.1. The van der Waals surface area contributed by atoms with Crippen LogP contribution in [0.15, 0.2) is 88.2 Å². The first-order chi connectivity index (χ1) is 14.5. The predicted molar refractivity (Wildman–Crippen MR) is 113 cm³/mol. The van der Waals surface area contributed by atoms with Gasteiger partial charge in [-0.2, -0.15) is 8.42 Å². The van der Waals surface area contributed by atoms with Crippen molar-refractivity contribution in [2.75, 3.05) is 18.0 Å². The van der Waals surface area contributed by atoms with Gasteiger partial charge in [0.05, 0.1) is 0 Å². The summed E-state index contributed by atoms with van der Waals surface area (Å²) in [6, 6.07) is 21.2. The highest BCUT2D eigenvalue weighted by atomic mass is 32.2. The molecule has 30 heavy (non-hydrogen) atoms. The van der Waals surface area contributed by atoms with Crippen LogP contribution in [0.25, 0.3) is 0 Å². The molecule has 152 valence electrons. The van der Waals surface area contributed by atoms with Gasteiger partial charge in [-0.25, -0.2) is 4.39 Å². The second-order valence-electron chi connectivity index (χ2n) is 6.64. The zero-order valence-corrected chi connectivity index (χ0v) is 16.6. The van der Waals surface area contributed by atoms with Crippen LogP contribution < -0.4 is 10.2 Å². The molecule has 1 aliphatic rings. The van der Waals surface area contributed by atoms with Gasteiger partial charge in [0.25, 0.3) is 15.9 Å². The fourth-order valence-corrected chi connectivity index (χ4v) is 4.44. The summed E-state index contributed by atoms with van der Waals surface area (Å²) in [6.45, 7) is 0.520. The van der Waals surface area contributed by atoms with E-state index in [9.17, 15) is 17.6 Å². The Morgan fingerprint density at radius 3 is 2.33 bits per heavy atom. The Hall–Kier alpha value is -3.52. The highest BCUT2D eigenvalue weighted by Crippen LogP contribution is 2.29. The van der Waals surface area contributed by atoms with E-state index < -0.39 is 15.8 Å². The van der Waals surface area contributed by atoms with Gasteiger partial charge in [-0.05, 0) is 48.5 Å². The van der Waals surface area contributed by atoms with Gasteiger partial charge in [-0.15, -0.1) is 4.40 Å². The lowest BCUT2D eigenvalue weighted by Gasteiger charge is -2.25. The van der Waals surface area contributed by atoms with Gasteiger partial charge in [0.1, 0.15) is 10.7 Å². The Morgan fingerprint density at radius 1 is 0.933 bits per heavy atom. The van der Waals surface area contributed by atoms with E-state index in [4.69, 9.17) is 0 Å². The molecule has 6 nitrogen and oxygen atoms in total. The molecular formula is C22H18FN3O3S. The molecule has 0 aliphatic carbocycles. The average Bonchev–Trinajstić information content (AvgIpc) is 3.03. The molecule has 1 heterocycles. The van der Waals surface area contributed by atoms with Gasteiger partial charge in [-0.3, -0.25) is 4.79 Å². The van der Waals surface area contributed by atoms with Crippen molar-refractivity contribution in [3.63, 3.8) is 0 Å². The van der Waals surface area contributed by atoms with Gasteiger partial charge in [-0.1, -0.05) is 30.3 Å². The Labute approximate surface area is 173 Å². The van der Waals surface area contributed by atoms with E-state index in [1.54, 1.807) is 23.1 Å². The molecule has 3 aromatic carbocycles. The molecule has 8 heteroatoms. The van der Waals surface area contributed by atoms with Crippen molar-refractivity contribution in [2.24, 2.45) is 4.40 Å². The van der Waals surface area contributed by atoms with Crippen LogP contribution in [0.1, 0.15) is 15.9 Å². The van der Waals surface area contributed by atoms with Gasteiger partial charge in [0.15, 0.2) is 5.84 Å². The fraction of sp³-hybridized carbons (Fsp3) is 0.0909. The summed E-state index contributed by atoms with van der Waals surface area (Å²) >= 11 is 0. The minimum absolute atomic E-state index is 0.163. The van der Waals surface area contributed by atoms with E-state index in [-0.39, 0.29) is 17.3 Å². The van der Waals surface area contributed by atoms with Crippen LogP contribution in [0.4, 0.5) is 10.1 Å². The molecule has 0 saturated carbocycles. The van der Waals surface area contributed by atoms with Gasteiger partial charge in [0.2, 0.25) is 0 Å². The topological polar surface area (TPSA) is 78.8 Å². The second kappa shape index (κ2) is 8.08. The molecule has 4 rings (SSSR count). The van der Waals surface area contributed by atoms with E-state index in [1.807, 2.05) is 30.3 Å². The third-order valence-corrected chi connectivity index (χ3v) is 5.99. The minimum atomic E-state index is -3.77. The lowest BCUT2D eigenvalue weighted by atomic mass is 10.1. The normalized spacial score (nSPS) is 14.0. The SMILES string of the molecule is O=C(NCCN(C1=NS(=O)(=O)c2ccccc21)c1ccccc1)c1ccc(F)cc1. The zero-order valence-electron chi connectivity index (χ0n) is 15.8. The average molecular weight is 423 g/mol. The number of carbonyl (C=O) groups is 1. The molecule has 0 spiro atoms. The highest BCUT2D eigenvalue weighted by molar-refractivity contribution is 7.90. The molecule has 1 N–H and O–H groups in total. The number of carbonyl (C=O) groups excluding carboxylic acids is 1. The number of hydrogen-bond donors (Lipinski definition) is 1. The van der Waals surface area contributed by atoms with Crippen LogP contribution in [0.2, 0.25) is 0 Å². The van der Waals surface area contributed by atoms with Crippen molar-refractivity contribution in [1.29, 1.82) is 0 Å². The second-order valence-corrected chi connectivity index (χ2v) is 8.21. The Morgan fingerprint density at radius 2 is 1.60 bits per heavy atom. The number of amidine groups is 1.